The third-order valence-corrected chi connectivity index (χ3v) is 2.95. The van der Waals surface area contributed by atoms with Crippen LogP contribution in [0.3, 0.4) is 0 Å². The van der Waals surface area contributed by atoms with Gasteiger partial charge in [0.05, 0.1) is 5.69 Å². The average molecular weight is 193 g/mol. The fraction of sp³-hybridized carbons (Fsp3) is 0.600. The quantitative estimate of drug-likeness (QED) is 0.706. The molecule has 0 saturated heterocycles. The van der Waals surface area contributed by atoms with Crippen LogP contribution in [0.5, 0.6) is 0 Å². The van der Waals surface area contributed by atoms with Crippen molar-refractivity contribution in [3.63, 3.8) is 0 Å². The zero-order chi connectivity index (χ0) is 10.1. The Balaban J connectivity index is 2.45. The van der Waals surface area contributed by atoms with Crippen LogP contribution in [0.2, 0.25) is 0 Å². The van der Waals surface area contributed by atoms with Crippen LogP contribution in [0.1, 0.15) is 42.9 Å². The van der Waals surface area contributed by atoms with E-state index < -0.39 is 0 Å². The lowest BCUT2D eigenvalue weighted by Gasteiger charge is -2.11. The second-order valence-electron chi connectivity index (χ2n) is 3.94. The second-order valence-corrected chi connectivity index (χ2v) is 3.94. The first kappa shape index (κ1) is 9.24. The summed E-state index contributed by atoms with van der Waals surface area (Å²) < 4.78 is 0. The van der Waals surface area contributed by atoms with Gasteiger partial charge in [-0.2, -0.15) is 0 Å². The number of aromatic amines is 1. The van der Waals surface area contributed by atoms with Crippen molar-refractivity contribution in [2.45, 2.75) is 38.5 Å². The molecule has 1 fully saturated rings. The molecule has 4 heteroatoms. The Morgan fingerprint density at radius 2 is 2.07 bits per heavy atom. The molecule has 0 atom stereocenters. The van der Waals surface area contributed by atoms with Crippen LogP contribution in [0.25, 0.3) is 0 Å². The van der Waals surface area contributed by atoms with Crippen LogP contribution in [0.15, 0.2) is 4.79 Å². The summed E-state index contributed by atoms with van der Waals surface area (Å²) in [4.78, 5) is 18.2. The van der Waals surface area contributed by atoms with Crippen molar-refractivity contribution in [1.29, 1.82) is 0 Å². The van der Waals surface area contributed by atoms with Gasteiger partial charge in [0.25, 0.3) is 5.56 Å². The maximum atomic E-state index is 11.4. The van der Waals surface area contributed by atoms with Gasteiger partial charge in [0.2, 0.25) is 5.95 Å². The molecule has 1 saturated carbocycles. The molecule has 0 aromatic carbocycles. The predicted molar refractivity (Wildman–Crippen MR) is 55.2 cm³/mol. The summed E-state index contributed by atoms with van der Waals surface area (Å²) in [6.45, 7) is 1.82. The Kier molecular flexibility index (Phi) is 2.27. The number of anilines is 1. The van der Waals surface area contributed by atoms with E-state index in [0.29, 0.717) is 5.92 Å². The van der Waals surface area contributed by atoms with Gasteiger partial charge in [0.1, 0.15) is 0 Å². The standard InChI is InChI=1S/C10H15N3O/c1-6-8(7-4-2-3-5-7)12-10(11)13-9(6)14/h7H,2-5H2,1H3,(H3,11,12,13,14). The van der Waals surface area contributed by atoms with E-state index in [1.54, 1.807) is 0 Å². The van der Waals surface area contributed by atoms with Gasteiger partial charge < -0.3 is 5.73 Å². The van der Waals surface area contributed by atoms with E-state index in [2.05, 4.69) is 9.97 Å². The highest BCUT2D eigenvalue weighted by Crippen LogP contribution is 2.33. The van der Waals surface area contributed by atoms with Gasteiger partial charge >= 0.3 is 0 Å². The van der Waals surface area contributed by atoms with Gasteiger partial charge in [-0.05, 0) is 19.8 Å². The molecule has 0 bridgehead atoms. The van der Waals surface area contributed by atoms with E-state index in [1.165, 1.54) is 12.8 Å². The van der Waals surface area contributed by atoms with Gasteiger partial charge in [0.15, 0.2) is 0 Å². The van der Waals surface area contributed by atoms with Gasteiger partial charge in [-0.1, -0.05) is 12.8 Å². The summed E-state index contributed by atoms with van der Waals surface area (Å²) in [7, 11) is 0. The summed E-state index contributed by atoms with van der Waals surface area (Å²) in [5.41, 5.74) is 7.07. The lowest BCUT2D eigenvalue weighted by Crippen LogP contribution is -2.18. The molecule has 1 aromatic rings. The Morgan fingerprint density at radius 3 is 2.71 bits per heavy atom. The Labute approximate surface area is 82.6 Å². The van der Waals surface area contributed by atoms with Gasteiger partial charge in [-0.3, -0.25) is 9.78 Å². The van der Waals surface area contributed by atoms with Gasteiger partial charge in [-0.25, -0.2) is 4.98 Å². The van der Waals surface area contributed by atoms with Crippen molar-refractivity contribution in [2.24, 2.45) is 0 Å². The van der Waals surface area contributed by atoms with Crippen LogP contribution in [0.4, 0.5) is 5.95 Å². The van der Waals surface area contributed by atoms with Crippen LogP contribution in [0, 0.1) is 6.92 Å². The van der Waals surface area contributed by atoms with Crippen molar-refractivity contribution < 1.29 is 0 Å². The lowest BCUT2D eigenvalue weighted by molar-refractivity contribution is 0.686. The average Bonchev–Trinajstić information content (AvgIpc) is 2.63. The largest absolute Gasteiger partial charge is 0.369 e. The van der Waals surface area contributed by atoms with Crippen LogP contribution in [-0.2, 0) is 0 Å². The molecule has 0 amide bonds. The molecule has 1 heterocycles. The first-order valence-electron chi connectivity index (χ1n) is 5.05. The molecule has 1 aliphatic carbocycles. The van der Waals surface area contributed by atoms with E-state index in [1.807, 2.05) is 6.92 Å². The van der Waals surface area contributed by atoms with Crippen molar-refractivity contribution in [2.75, 3.05) is 5.73 Å². The molecule has 4 nitrogen and oxygen atoms in total. The molecule has 0 aliphatic heterocycles. The smallest absolute Gasteiger partial charge is 0.255 e. The van der Waals surface area contributed by atoms with Gasteiger partial charge in [0, 0.05) is 11.5 Å². The fourth-order valence-electron chi connectivity index (χ4n) is 2.16. The molecule has 1 aromatic heterocycles. The molecule has 0 radical (unpaired) electrons. The Hall–Kier alpha value is -1.32. The number of hydrogen-bond donors (Lipinski definition) is 2. The summed E-state index contributed by atoms with van der Waals surface area (Å²) >= 11 is 0. The SMILES string of the molecule is Cc1c(C2CCCC2)nc(N)[nH]c1=O. The van der Waals surface area contributed by atoms with Crippen molar-refractivity contribution in [3.05, 3.63) is 21.6 Å². The number of nitrogens with one attached hydrogen (secondary N) is 1. The van der Waals surface area contributed by atoms with Crippen LogP contribution < -0.4 is 11.3 Å². The number of rotatable bonds is 1. The summed E-state index contributed by atoms with van der Waals surface area (Å²) in [6.07, 6.45) is 4.74. The van der Waals surface area contributed by atoms with E-state index in [-0.39, 0.29) is 11.5 Å². The Bertz CT molecular complexity index is 391. The highest BCUT2D eigenvalue weighted by Gasteiger charge is 2.21. The third-order valence-electron chi connectivity index (χ3n) is 2.95. The number of nitrogens with two attached hydrogens (primary N) is 1. The van der Waals surface area contributed by atoms with Gasteiger partial charge in [-0.15, -0.1) is 0 Å². The lowest BCUT2D eigenvalue weighted by atomic mass is 10.0. The number of nitrogen functional groups attached to an aromatic ring is 1. The molecule has 1 aliphatic rings. The molecule has 14 heavy (non-hydrogen) atoms. The fourth-order valence-corrected chi connectivity index (χ4v) is 2.16. The minimum Gasteiger partial charge on any atom is -0.369 e. The van der Waals surface area contributed by atoms with E-state index in [9.17, 15) is 4.79 Å². The van der Waals surface area contributed by atoms with E-state index in [0.717, 1.165) is 24.1 Å². The van der Waals surface area contributed by atoms with E-state index in [4.69, 9.17) is 5.73 Å². The zero-order valence-corrected chi connectivity index (χ0v) is 8.34. The maximum Gasteiger partial charge on any atom is 0.255 e. The molecule has 3 N–H and O–H groups in total. The Morgan fingerprint density at radius 1 is 1.43 bits per heavy atom. The topological polar surface area (TPSA) is 71.8 Å². The highest BCUT2D eigenvalue weighted by molar-refractivity contribution is 5.27. The first-order chi connectivity index (χ1) is 6.68. The monoisotopic (exact) mass is 193 g/mol. The zero-order valence-electron chi connectivity index (χ0n) is 8.34. The minimum atomic E-state index is -0.0978. The number of H-pyrrole nitrogens is 1. The maximum absolute atomic E-state index is 11.4. The number of aromatic nitrogens is 2. The normalized spacial score (nSPS) is 17.5. The van der Waals surface area contributed by atoms with Crippen molar-refractivity contribution in [3.8, 4) is 0 Å². The molecular formula is C10H15N3O. The second kappa shape index (κ2) is 3.44. The third kappa shape index (κ3) is 1.52. The van der Waals surface area contributed by atoms with E-state index >= 15 is 0 Å². The van der Waals surface area contributed by atoms with Crippen LogP contribution in [-0.4, -0.2) is 9.97 Å². The number of hydrogen-bond acceptors (Lipinski definition) is 3. The molecule has 0 unspecified atom stereocenters. The molecule has 2 rings (SSSR count). The van der Waals surface area contributed by atoms with Crippen molar-refractivity contribution >= 4 is 5.95 Å². The molecular weight excluding hydrogens is 178 g/mol. The summed E-state index contributed by atoms with van der Waals surface area (Å²) in [6, 6.07) is 0. The first-order valence-corrected chi connectivity index (χ1v) is 5.05. The van der Waals surface area contributed by atoms with Crippen LogP contribution >= 0.6 is 0 Å². The molecule has 76 valence electrons. The molecule has 0 spiro atoms. The predicted octanol–water partition coefficient (Wildman–Crippen LogP) is 1.32. The van der Waals surface area contributed by atoms with Crippen molar-refractivity contribution in [1.82, 2.24) is 9.97 Å². The number of nitrogens with zero attached hydrogens (tertiary/aromatic N) is 1. The summed E-state index contributed by atoms with van der Waals surface area (Å²) in [5.74, 6) is 0.683. The highest BCUT2D eigenvalue weighted by atomic mass is 16.1. The summed E-state index contributed by atoms with van der Waals surface area (Å²) in [5, 5.41) is 0. The minimum absolute atomic E-state index is 0.0978.